The fourth-order valence-electron chi connectivity index (χ4n) is 2.67. The molecule has 0 fully saturated rings. The van der Waals surface area contributed by atoms with E-state index in [1.54, 1.807) is 6.07 Å². The van der Waals surface area contributed by atoms with E-state index in [9.17, 15) is 4.79 Å². The highest BCUT2D eigenvalue weighted by molar-refractivity contribution is 5.89. The predicted molar refractivity (Wildman–Crippen MR) is 76.2 cm³/mol. The minimum atomic E-state index is -0.315. The van der Waals surface area contributed by atoms with E-state index in [4.69, 9.17) is 9.47 Å². The number of hydrogen-bond donors (Lipinski definition) is 0. The molecule has 1 atom stereocenters. The highest BCUT2D eigenvalue weighted by atomic mass is 16.5. The van der Waals surface area contributed by atoms with Crippen molar-refractivity contribution in [2.75, 3.05) is 13.7 Å². The summed E-state index contributed by atoms with van der Waals surface area (Å²) < 4.78 is 10.5. The maximum Gasteiger partial charge on any atom is 0.337 e. The number of esters is 1. The first-order valence-electron chi connectivity index (χ1n) is 6.69. The Labute approximate surface area is 118 Å². The first-order chi connectivity index (χ1) is 9.79. The van der Waals surface area contributed by atoms with Crippen LogP contribution in [-0.2, 0) is 4.74 Å². The Balaban J connectivity index is 2.04. The van der Waals surface area contributed by atoms with Crippen LogP contribution in [0.25, 0.3) is 0 Å². The quantitative estimate of drug-likeness (QED) is 0.783. The zero-order chi connectivity index (χ0) is 13.9. The molecule has 3 rings (SSSR count). The first kappa shape index (κ1) is 12.7. The summed E-state index contributed by atoms with van der Waals surface area (Å²) in [5.74, 6) is 0.812. The van der Waals surface area contributed by atoms with E-state index in [2.05, 4.69) is 12.1 Å². The van der Waals surface area contributed by atoms with Crippen molar-refractivity contribution in [1.29, 1.82) is 0 Å². The Morgan fingerprint density at radius 2 is 2.00 bits per heavy atom. The fourth-order valence-corrected chi connectivity index (χ4v) is 2.67. The Morgan fingerprint density at radius 3 is 2.75 bits per heavy atom. The van der Waals surface area contributed by atoms with E-state index in [1.807, 2.05) is 30.3 Å². The molecule has 0 radical (unpaired) electrons. The van der Waals surface area contributed by atoms with Crippen LogP contribution in [0.3, 0.4) is 0 Å². The maximum atomic E-state index is 11.7. The van der Waals surface area contributed by atoms with Gasteiger partial charge in [0, 0.05) is 11.5 Å². The van der Waals surface area contributed by atoms with Gasteiger partial charge >= 0.3 is 5.97 Å². The van der Waals surface area contributed by atoms with Crippen molar-refractivity contribution in [3.05, 3.63) is 65.2 Å². The van der Waals surface area contributed by atoms with Gasteiger partial charge in [-0.05, 0) is 30.2 Å². The number of ether oxygens (including phenoxy) is 2. The van der Waals surface area contributed by atoms with Gasteiger partial charge in [-0.1, -0.05) is 30.3 Å². The van der Waals surface area contributed by atoms with E-state index in [0.29, 0.717) is 12.2 Å². The second kappa shape index (κ2) is 5.37. The summed E-state index contributed by atoms with van der Waals surface area (Å²) in [5.41, 5.74) is 2.88. The molecule has 0 bridgehead atoms. The van der Waals surface area contributed by atoms with E-state index < -0.39 is 0 Å². The Kier molecular flexibility index (Phi) is 3.42. The molecule has 1 aliphatic rings. The highest BCUT2D eigenvalue weighted by Gasteiger charge is 2.24. The average molecular weight is 268 g/mol. The summed E-state index contributed by atoms with van der Waals surface area (Å²) in [7, 11) is 1.40. The molecule has 2 aromatic carbocycles. The van der Waals surface area contributed by atoms with Crippen LogP contribution >= 0.6 is 0 Å². The molecule has 3 heteroatoms. The number of carbonyl (C=O) groups excluding carboxylic acids is 1. The van der Waals surface area contributed by atoms with Gasteiger partial charge in [0.05, 0.1) is 19.3 Å². The monoisotopic (exact) mass is 268 g/mol. The molecule has 0 saturated carbocycles. The van der Waals surface area contributed by atoms with E-state index in [-0.39, 0.29) is 11.9 Å². The van der Waals surface area contributed by atoms with Crippen LogP contribution in [0.4, 0.5) is 0 Å². The minimum Gasteiger partial charge on any atom is -0.493 e. The molecule has 2 aromatic rings. The molecule has 1 heterocycles. The fraction of sp³-hybridized carbons (Fsp3) is 0.235. The van der Waals surface area contributed by atoms with Crippen molar-refractivity contribution in [2.24, 2.45) is 0 Å². The second-order valence-electron chi connectivity index (χ2n) is 4.84. The Bertz CT molecular complexity index is 619. The molecule has 102 valence electrons. The predicted octanol–water partition coefficient (Wildman–Crippen LogP) is 3.39. The standard InChI is InChI=1S/C17H16O3/c1-19-17(18)13-7-8-16-15(11-13)14(9-10-20-16)12-5-3-2-4-6-12/h2-8,11,14H,9-10H2,1H3. The summed E-state index contributed by atoms with van der Waals surface area (Å²) in [6, 6.07) is 15.8. The van der Waals surface area contributed by atoms with Gasteiger partial charge in [-0.2, -0.15) is 0 Å². The van der Waals surface area contributed by atoms with Crippen LogP contribution < -0.4 is 4.74 Å². The van der Waals surface area contributed by atoms with E-state index >= 15 is 0 Å². The number of hydrogen-bond acceptors (Lipinski definition) is 3. The lowest BCUT2D eigenvalue weighted by Gasteiger charge is -2.26. The van der Waals surface area contributed by atoms with Crippen molar-refractivity contribution in [3.63, 3.8) is 0 Å². The normalized spacial score (nSPS) is 16.9. The van der Waals surface area contributed by atoms with Crippen LogP contribution in [0.1, 0.15) is 33.8 Å². The molecular formula is C17H16O3. The van der Waals surface area contributed by atoms with Gasteiger partial charge in [0.2, 0.25) is 0 Å². The number of rotatable bonds is 2. The molecule has 1 unspecified atom stereocenters. The van der Waals surface area contributed by atoms with Crippen molar-refractivity contribution >= 4 is 5.97 Å². The second-order valence-corrected chi connectivity index (χ2v) is 4.84. The van der Waals surface area contributed by atoms with Crippen LogP contribution in [0.15, 0.2) is 48.5 Å². The number of fused-ring (bicyclic) bond motifs is 1. The molecule has 0 saturated heterocycles. The zero-order valence-electron chi connectivity index (χ0n) is 11.3. The molecule has 20 heavy (non-hydrogen) atoms. The largest absolute Gasteiger partial charge is 0.493 e. The summed E-state index contributed by atoms with van der Waals surface area (Å²) in [6.45, 7) is 0.699. The van der Waals surface area contributed by atoms with Crippen molar-refractivity contribution in [2.45, 2.75) is 12.3 Å². The molecule has 0 amide bonds. The molecule has 0 aliphatic carbocycles. The highest BCUT2D eigenvalue weighted by Crippen LogP contribution is 2.38. The first-order valence-corrected chi connectivity index (χ1v) is 6.69. The third kappa shape index (κ3) is 2.27. The van der Waals surface area contributed by atoms with Gasteiger partial charge in [0.15, 0.2) is 0 Å². The Morgan fingerprint density at radius 1 is 1.20 bits per heavy atom. The lowest BCUT2D eigenvalue weighted by Crippen LogP contribution is -2.16. The summed E-state index contributed by atoms with van der Waals surface area (Å²) >= 11 is 0. The molecule has 0 spiro atoms. The average Bonchev–Trinajstić information content (AvgIpc) is 2.54. The molecule has 1 aliphatic heterocycles. The lowest BCUT2D eigenvalue weighted by molar-refractivity contribution is 0.0600. The maximum absolute atomic E-state index is 11.7. The van der Waals surface area contributed by atoms with Crippen LogP contribution in [0, 0.1) is 0 Å². The number of carbonyl (C=O) groups is 1. The SMILES string of the molecule is COC(=O)c1ccc2c(c1)C(c1ccccc1)CCO2. The van der Waals surface area contributed by atoms with Gasteiger partial charge in [0.1, 0.15) is 5.75 Å². The topological polar surface area (TPSA) is 35.5 Å². The smallest absolute Gasteiger partial charge is 0.337 e. The summed E-state index contributed by atoms with van der Waals surface area (Å²) in [4.78, 5) is 11.7. The minimum absolute atomic E-state index is 0.268. The van der Waals surface area contributed by atoms with Crippen LogP contribution in [0.2, 0.25) is 0 Å². The van der Waals surface area contributed by atoms with Crippen LogP contribution in [-0.4, -0.2) is 19.7 Å². The van der Waals surface area contributed by atoms with Gasteiger partial charge < -0.3 is 9.47 Å². The number of methoxy groups -OCH3 is 1. The van der Waals surface area contributed by atoms with Gasteiger partial charge in [-0.15, -0.1) is 0 Å². The molecule has 3 nitrogen and oxygen atoms in total. The molecule has 0 aromatic heterocycles. The Hall–Kier alpha value is -2.29. The third-order valence-corrected chi connectivity index (χ3v) is 3.67. The van der Waals surface area contributed by atoms with E-state index in [1.165, 1.54) is 12.7 Å². The third-order valence-electron chi connectivity index (χ3n) is 3.67. The molecular weight excluding hydrogens is 252 g/mol. The summed E-state index contributed by atoms with van der Waals surface area (Å²) in [6.07, 6.45) is 0.918. The molecule has 0 N–H and O–H groups in total. The zero-order valence-corrected chi connectivity index (χ0v) is 11.3. The lowest BCUT2D eigenvalue weighted by atomic mass is 9.86. The van der Waals surface area contributed by atoms with Gasteiger partial charge in [-0.25, -0.2) is 4.79 Å². The summed E-state index contributed by atoms with van der Waals surface area (Å²) in [5, 5.41) is 0. The van der Waals surface area contributed by atoms with Crippen molar-refractivity contribution in [3.8, 4) is 5.75 Å². The van der Waals surface area contributed by atoms with Crippen molar-refractivity contribution < 1.29 is 14.3 Å². The van der Waals surface area contributed by atoms with Crippen molar-refractivity contribution in [1.82, 2.24) is 0 Å². The van der Waals surface area contributed by atoms with Gasteiger partial charge in [0.25, 0.3) is 0 Å². The van der Waals surface area contributed by atoms with Crippen LogP contribution in [0.5, 0.6) is 5.75 Å². The van der Waals surface area contributed by atoms with E-state index in [0.717, 1.165) is 17.7 Å². The number of benzene rings is 2. The van der Waals surface area contributed by atoms with Gasteiger partial charge in [-0.3, -0.25) is 0 Å².